The Morgan fingerprint density at radius 2 is 2.17 bits per heavy atom. The molecule has 1 unspecified atom stereocenters. The van der Waals surface area contributed by atoms with Crippen molar-refractivity contribution in [3.63, 3.8) is 0 Å². The lowest BCUT2D eigenvalue weighted by molar-refractivity contribution is -0.141. The average molecular weight is 174 g/mol. The molecule has 0 radical (unpaired) electrons. The Labute approximate surface area is 73.7 Å². The predicted molar refractivity (Wildman–Crippen MR) is 47.1 cm³/mol. The first-order chi connectivity index (χ1) is 5.68. The number of rotatable bonds is 7. The molecule has 72 valence electrons. The molecule has 1 atom stereocenters. The standard InChI is InChI=1S/C9H18O3/c1-3-4-6-12-7-5-8(2)9(10)11/h8H,3-7H2,1-2H3,(H,10,11). The van der Waals surface area contributed by atoms with Crippen molar-refractivity contribution >= 4 is 5.97 Å². The SMILES string of the molecule is CCCCOCCC(C)C(=O)O. The van der Waals surface area contributed by atoms with E-state index >= 15 is 0 Å². The molecular weight excluding hydrogens is 156 g/mol. The third-order valence-electron chi connectivity index (χ3n) is 1.76. The molecule has 0 amide bonds. The van der Waals surface area contributed by atoms with E-state index < -0.39 is 5.97 Å². The molecule has 0 heterocycles. The lowest BCUT2D eigenvalue weighted by Gasteiger charge is -2.06. The molecule has 0 aromatic heterocycles. The molecule has 0 rings (SSSR count). The third kappa shape index (κ3) is 6.16. The molecule has 0 aliphatic heterocycles. The molecule has 0 bridgehead atoms. The summed E-state index contributed by atoms with van der Waals surface area (Å²) >= 11 is 0. The number of carboxylic acid groups (broad SMARTS) is 1. The van der Waals surface area contributed by atoms with Crippen molar-refractivity contribution in [1.29, 1.82) is 0 Å². The second-order valence-corrected chi connectivity index (χ2v) is 2.99. The number of unbranched alkanes of at least 4 members (excludes halogenated alkanes) is 1. The fourth-order valence-corrected chi connectivity index (χ4v) is 0.732. The van der Waals surface area contributed by atoms with Crippen LogP contribution >= 0.6 is 0 Å². The fraction of sp³-hybridized carbons (Fsp3) is 0.889. The van der Waals surface area contributed by atoms with Gasteiger partial charge < -0.3 is 9.84 Å². The lowest BCUT2D eigenvalue weighted by atomic mass is 10.1. The minimum absolute atomic E-state index is 0.286. The van der Waals surface area contributed by atoms with Crippen LogP contribution in [0.5, 0.6) is 0 Å². The molecule has 0 aliphatic rings. The topological polar surface area (TPSA) is 46.5 Å². The molecule has 3 heteroatoms. The van der Waals surface area contributed by atoms with Crippen LogP contribution in [0.2, 0.25) is 0 Å². The molecular formula is C9H18O3. The highest BCUT2D eigenvalue weighted by Crippen LogP contribution is 2.01. The summed E-state index contributed by atoms with van der Waals surface area (Å²) in [5.74, 6) is -1.03. The smallest absolute Gasteiger partial charge is 0.306 e. The largest absolute Gasteiger partial charge is 0.481 e. The average Bonchev–Trinajstić information content (AvgIpc) is 2.03. The number of carboxylic acids is 1. The summed E-state index contributed by atoms with van der Waals surface area (Å²) < 4.78 is 5.23. The van der Waals surface area contributed by atoms with E-state index in [4.69, 9.17) is 9.84 Å². The van der Waals surface area contributed by atoms with Gasteiger partial charge in [-0.25, -0.2) is 0 Å². The van der Waals surface area contributed by atoms with Crippen LogP contribution in [0, 0.1) is 5.92 Å². The van der Waals surface area contributed by atoms with Crippen molar-refractivity contribution in [2.45, 2.75) is 33.1 Å². The fourth-order valence-electron chi connectivity index (χ4n) is 0.732. The highest BCUT2D eigenvalue weighted by molar-refractivity contribution is 5.69. The van der Waals surface area contributed by atoms with Gasteiger partial charge in [0.25, 0.3) is 0 Å². The quantitative estimate of drug-likeness (QED) is 0.600. The number of hydrogen-bond acceptors (Lipinski definition) is 2. The van der Waals surface area contributed by atoms with Gasteiger partial charge in [-0.15, -0.1) is 0 Å². The van der Waals surface area contributed by atoms with Crippen LogP contribution in [0.1, 0.15) is 33.1 Å². The first-order valence-corrected chi connectivity index (χ1v) is 4.49. The summed E-state index contributed by atoms with van der Waals surface area (Å²) in [4.78, 5) is 10.4. The van der Waals surface area contributed by atoms with Crippen LogP contribution in [-0.4, -0.2) is 24.3 Å². The minimum atomic E-state index is -0.742. The van der Waals surface area contributed by atoms with Crippen molar-refractivity contribution in [3.8, 4) is 0 Å². The van der Waals surface area contributed by atoms with E-state index in [1.165, 1.54) is 0 Å². The van der Waals surface area contributed by atoms with E-state index in [9.17, 15) is 4.79 Å². The van der Waals surface area contributed by atoms with Crippen molar-refractivity contribution in [3.05, 3.63) is 0 Å². The number of carbonyl (C=O) groups is 1. The van der Waals surface area contributed by atoms with Crippen LogP contribution in [0.15, 0.2) is 0 Å². The maximum atomic E-state index is 10.4. The van der Waals surface area contributed by atoms with Gasteiger partial charge in [0.05, 0.1) is 5.92 Å². The van der Waals surface area contributed by atoms with Crippen LogP contribution in [0.25, 0.3) is 0 Å². The van der Waals surface area contributed by atoms with Crippen molar-refractivity contribution in [1.82, 2.24) is 0 Å². The van der Waals surface area contributed by atoms with E-state index in [-0.39, 0.29) is 5.92 Å². The van der Waals surface area contributed by atoms with Gasteiger partial charge in [0.1, 0.15) is 0 Å². The normalized spacial score (nSPS) is 12.8. The number of aliphatic carboxylic acids is 1. The number of ether oxygens (including phenoxy) is 1. The van der Waals surface area contributed by atoms with Crippen molar-refractivity contribution < 1.29 is 14.6 Å². The van der Waals surface area contributed by atoms with Gasteiger partial charge in [0, 0.05) is 13.2 Å². The first-order valence-electron chi connectivity index (χ1n) is 4.49. The van der Waals surface area contributed by atoms with Gasteiger partial charge >= 0.3 is 5.97 Å². The molecule has 0 aromatic rings. The first kappa shape index (κ1) is 11.4. The van der Waals surface area contributed by atoms with Gasteiger partial charge in [-0.1, -0.05) is 20.3 Å². The van der Waals surface area contributed by atoms with Crippen LogP contribution in [0.3, 0.4) is 0 Å². The molecule has 0 aliphatic carbocycles. The zero-order valence-electron chi connectivity index (χ0n) is 7.88. The van der Waals surface area contributed by atoms with Crippen LogP contribution in [0.4, 0.5) is 0 Å². The van der Waals surface area contributed by atoms with Crippen LogP contribution < -0.4 is 0 Å². The molecule has 12 heavy (non-hydrogen) atoms. The van der Waals surface area contributed by atoms with E-state index in [1.54, 1.807) is 6.92 Å². The van der Waals surface area contributed by atoms with E-state index in [0.29, 0.717) is 13.0 Å². The number of hydrogen-bond donors (Lipinski definition) is 1. The zero-order chi connectivity index (χ0) is 9.40. The zero-order valence-corrected chi connectivity index (χ0v) is 7.88. The Kier molecular flexibility index (Phi) is 6.76. The monoisotopic (exact) mass is 174 g/mol. The van der Waals surface area contributed by atoms with Gasteiger partial charge in [0.2, 0.25) is 0 Å². The Morgan fingerprint density at radius 1 is 1.50 bits per heavy atom. The third-order valence-corrected chi connectivity index (χ3v) is 1.76. The molecule has 1 N–H and O–H groups in total. The summed E-state index contributed by atoms with van der Waals surface area (Å²) in [7, 11) is 0. The maximum absolute atomic E-state index is 10.4. The second-order valence-electron chi connectivity index (χ2n) is 2.99. The van der Waals surface area contributed by atoms with E-state index in [1.807, 2.05) is 0 Å². The molecule has 0 spiro atoms. The summed E-state index contributed by atoms with van der Waals surface area (Å²) in [5.41, 5.74) is 0. The molecule has 3 nitrogen and oxygen atoms in total. The Bertz CT molecular complexity index is 123. The van der Waals surface area contributed by atoms with Crippen LogP contribution in [-0.2, 0) is 9.53 Å². The Balaban J connectivity index is 3.14. The van der Waals surface area contributed by atoms with Gasteiger partial charge in [-0.2, -0.15) is 0 Å². The summed E-state index contributed by atoms with van der Waals surface area (Å²) in [6, 6.07) is 0. The van der Waals surface area contributed by atoms with Crippen molar-refractivity contribution in [2.75, 3.05) is 13.2 Å². The predicted octanol–water partition coefficient (Wildman–Crippen LogP) is 1.91. The highest BCUT2D eigenvalue weighted by atomic mass is 16.5. The molecule has 0 aromatic carbocycles. The van der Waals surface area contributed by atoms with Gasteiger partial charge in [0.15, 0.2) is 0 Å². The molecule has 0 saturated heterocycles. The van der Waals surface area contributed by atoms with E-state index in [2.05, 4.69) is 6.92 Å². The maximum Gasteiger partial charge on any atom is 0.306 e. The van der Waals surface area contributed by atoms with Crippen molar-refractivity contribution in [2.24, 2.45) is 5.92 Å². The molecule has 0 saturated carbocycles. The van der Waals surface area contributed by atoms with E-state index in [0.717, 1.165) is 19.4 Å². The highest BCUT2D eigenvalue weighted by Gasteiger charge is 2.09. The minimum Gasteiger partial charge on any atom is -0.481 e. The van der Waals surface area contributed by atoms with Gasteiger partial charge in [-0.3, -0.25) is 4.79 Å². The summed E-state index contributed by atoms with van der Waals surface area (Å²) in [6.07, 6.45) is 2.79. The van der Waals surface area contributed by atoms with Gasteiger partial charge in [-0.05, 0) is 12.8 Å². The Hall–Kier alpha value is -0.570. The molecule has 0 fully saturated rings. The second kappa shape index (κ2) is 7.10. The summed E-state index contributed by atoms with van der Waals surface area (Å²) in [5, 5.41) is 8.53. The Morgan fingerprint density at radius 3 is 2.67 bits per heavy atom. The lowest BCUT2D eigenvalue weighted by Crippen LogP contribution is -2.12. The summed E-state index contributed by atoms with van der Waals surface area (Å²) in [6.45, 7) is 5.12.